The molecule has 0 bridgehead atoms. The molecule has 1 fully saturated rings. The van der Waals surface area contributed by atoms with Gasteiger partial charge in [0.2, 0.25) is 5.91 Å². The molecule has 8 heteroatoms. The van der Waals surface area contributed by atoms with Crippen molar-refractivity contribution in [2.75, 3.05) is 27.1 Å². The molecule has 29 heavy (non-hydrogen) atoms. The Morgan fingerprint density at radius 3 is 2.72 bits per heavy atom. The molecule has 2 aromatic carbocycles. The van der Waals surface area contributed by atoms with E-state index in [2.05, 4.69) is 5.32 Å². The third-order valence-electron chi connectivity index (χ3n) is 5.20. The first-order chi connectivity index (χ1) is 14.1. The van der Waals surface area contributed by atoms with Crippen molar-refractivity contribution in [2.24, 2.45) is 0 Å². The van der Waals surface area contributed by atoms with Gasteiger partial charge in [-0.05, 0) is 23.8 Å². The fraction of sp³-hybridized carbons (Fsp3) is 0.333. The first kappa shape index (κ1) is 19.4. The molecule has 0 aliphatic carbocycles. The van der Waals surface area contributed by atoms with Gasteiger partial charge in [0.1, 0.15) is 17.2 Å². The van der Waals surface area contributed by atoms with Gasteiger partial charge in [0, 0.05) is 17.9 Å². The molecule has 0 spiro atoms. The van der Waals surface area contributed by atoms with Crippen molar-refractivity contribution in [3.63, 3.8) is 0 Å². The Balaban J connectivity index is 1.53. The zero-order valence-electron chi connectivity index (χ0n) is 16.4. The predicted octanol–water partition coefficient (Wildman–Crippen LogP) is 2.60. The summed E-state index contributed by atoms with van der Waals surface area (Å²) in [6.45, 7) is 0.369. The Hall–Kier alpha value is -2.87. The van der Waals surface area contributed by atoms with Crippen molar-refractivity contribution in [1.82, 2.24) is 10.2 Å². The number of fused-ring (bicyclic) bond motifs is 3. The normalized spacial score (nSPS) is 19.6. The number of amides is 2. The van der Waals surface area contributed by atoms with Crippen LogP contribution >= 0.6 is 11.8 Å². The first-order valence-corrected chi connectivity index (χ1v) is 10.2. The lowest BCUT2D eigenvalue weighted by Gasteiger charge is -2.22. The zero-order chi connectivity index (χ0) is 20.5. The van der Waals surface area contributed by atoms with Crippen molar-refractivity contribution >= 4 is 23.6 Å². The number of thioether (sulfide) groups is 1. The van der Waals surface area contributed by atoms with Crippen LogP contribution in [-0.2, 0) is 11.3 Å². The maximum atomic E-state index is 13.2. The van der Waals surface area contributed by atoms with Gasteiger partial charge >= 0.3 is 0 Å². The Morgan fingerprint density at radius 2 is 2.00 bits per heavy atom. The molecule has 2 heterocycles. The van der Waals surface area contributed by atoms with Gasteiger partial charge in [-0.25, -0.2) is 0 Å². The van der Waals surface area contributed by atoms with E-state index in [9.17, 15) is 9.59 Å². The highest BCUT2D eigenvalue weighted by Crippen LogP contribution is 2.52. The molecular weight excluding hydrogens is 392 g/mol. The maximum Gasteiger partial charge on any atom is 0.260 e. The van der Waals surface area contributed by atoms with Gasteiger partial charge in [0.05, 0.1) is 26.9 Å². The van der Waals surface area contributed by atoms with Crippen molar-refractivity contribution in [3.8, 4) is 17.2 Å². The fourth-order valence-electron chi connectivity index (χ4n) is 3.78. The van der Waals surface area contributed by atoms with Crippen LogP contribution in [0.3, 0.4) is 0 Å². The number of methoxy groups -OCH3 is 3. The average molecular weight is 414 g/mol. The molecule has 2 amide bonds. The molecule has 2 aliphatic rings. The summed E-state index contributed by atoms with van der Waals surface area (Å²) < 4.78 is 16.0. The standard InChI is InChI=1S/C21H22N2O5S/c1-26-13-6-4-5-12(9-13)10-22-19(24)15-11-29-21-14-7-8-16(27-2)18(28-3)17(14)20(25)23(15)21/h4-9,15,21H,10-11H2,1-3H3,(H,22,24)/t15-,21?/m0/s1. The SMILES string of the molecule is COc1cccc(CNC(=O)[C@@H]2CSC3c4ccc(OC)c(OC)c4C(=O)N32)c1. The summed E-state index contributed by atoms with van der Waals surface area (Å²) in [5, 5.41) is 2.76. The van der Waals surface area contributed by atoms with E-state index < -0.39 is 6.04 Å². The highest BCUT2D eigenvalue weighted by Gasteiger charge is 2.50. The summed E-state index contributed by atoms with van der Waals surface area (Å²) >= 11 is 1.58. The predicted molar refractivity (Wildman–Crippen MR) is 110 cm³/mol. The van der Waals surface area contributed by atoms with Crippen molar-refractivity contribution in [2.45, 2.75) is 18.0 Å². The second-order valence-corrected chi connectivity index (χ2v) is 7.86. The van der Waals surface area contributed by atoms with Gasteiger partial charge in [0.25, 0.3) is 5.91 Å². The monoisotopic (exact) mass is 414 g/mol. The molecule has 152 valence electrons. The summed E-state index contributed by atoms with van der Waals surface area (Å²) in [5.74, 6) is 1.83. The molecule has 1 N–H and O–H groups in total. The van der Waals surface area contributed by atoms with E-state index in [4.69, 9.17) is 14.2 Å². The minimum atomic E-state index is -0.536. The number of hydrogen-bond donors (Lipinski definition) is 1. The Morgan fingerprint density at radius 1 is 1.17 bits per heavy atom. The van der Waals surface area contributed by atoms with E-state index in [0.29, 0.717) is 29.4 Å². The number of carbonyl (C=O) groups excluding carboxylic acids is 2. The highest BCUT2D eigenvalue weighted by atomic mass is 32.2. The zero-order valence-corrected chi connectivity index (χ0v) is 17.2. The third kappa shape index (κ3) is 3.27. The fourth-order valence-corrected chi connectivity index (χ4v) is 5.24. The number of carbonyl (C=O) groups is 2. The number of ether oxygens (including phenoxy) is 3. The van der Waals surface area contributed by atoms with E-state index >= 15 is 0 Å². The Kier molecular flexibility index (Phi) is 5.27. The van der Waals surface area contributed by atoms with E-state index in [1.807, 2.05) is 30.3 Å². The lowest BCUT2D eigenvalue weighted by atomic mass is 10.1. The van der Waals surface area contributed by atoms with Gasteiger partial charge in [-0.15, -0.1) is 11.8 Å². The maximum absolute atomic E-state index is 13.2. The van der Waals surface area contributed by atoms with Crippen LogP contribution in [-0.4, -0.2) is 49.8 Å². The van der Waals surface area contributed by atoms with Crippen molar-refractivity contribution in [1.29, 1.82) is 0 Å². The van der Waals surface area contributed by atoms with Crippen LogP contribution in [0.25, 0.3) is 0 Å². The largest absolute Gasteiger partial charge is 0.497 e. The molecule has 7 nitrogen and oxygen atoms in total. The Bertz CT molecular complexity index is 964. The summed E-state index contributed by atoms with van der Waals surface area (Å²) in [7, 11) is 4.65. The lowest BCUT2D eigenvalue weighted by molar-refractivity contribution is -0.124. The summed E-state index contributed by atoms with van der Waals surface area (Å²) in [5.41, 5.74) is 2.28. The van der Waals surface area contributed by atoms with Gasteiger partial charge in [0.15, 0.2) is 11.5 Å². The molecule has 2 atom stereocenters. The van der Waals surface area contributed by atoms with E-state index in [1.54, 1.807) is 29.8 Å². The second-order valence-electron chi connectivity index (χ2n) is 6.75. The number of hydrogen-bond acceptors (Lipinski definition) is 6. The minimum absolute atomic E-state index is 0.171. The summed E-state index contributed by atoms with van der Waals surface area (Å²) in [4.78, 5) is 27.7. The van der Waals surface area contributed by atoms with Crippen LogP contribution < -0.4 is 19.5 Å². The molecule has 4 rings (SSSR count). The van der Waals surface area contributed by atoms with Gasteiger partial charge in [-0.2, -0.15) is 0 Å². The molecule has 2 aliphatic heterocycles. The molecule has 0 radical (unpaired) electrons. The molecule has 1 unspecified atom stereocenters. The van der Waals surface area contributed by atoms with Crippen LogP contribution in [0, 0.1) is 0 Å². The van der Waals surface area contributed by atoms with Crippen molar-refractivity contribution in [3.05, 3.63) is 53.1 Å². The van der Waals surface area contributed by atoms with Gasteiger partial charge in [-0.3, -0.25) is 9.59 Å². The second kappa shape index (κ2) is 7.87. The molecule has 0 aromatic heterocycles. The number of nitrogens with one attached hydrogen (secondary N) is 1. The highest BCUT2D eigenvalue weighted by molar-refractivity contribution is 7.99. The van der Waals surface area contributed by atoms with E-state index in [-0.39, 0.29) is 17.2 Å². The van der Waals surface area contributed by atoms with Gasteiger partial charge < -0.3 is 24.4 Å². The quantitative estimate of drug-likeness (QED) is 0.783. The topological polar surface area (TPSA) is 77.1 Å². The number of nitrogens with zero attached hydrogens (tertiary/aromatic N) is 1. The first-order valence-electron chi connectivity index (χ1n) is 9.18. The lowest BCUT2D eigenvalue weighted by Crippen LogP contribution is -2.45. The molecule has 1 saturated heterocycles. The third-order valence-corrected chi connectivity index (χ3v) is 6.50. The van der Waals surface area contributed by atoms with Crippen LogP contribution in [0.2, 0.25) is 0 Å². The van der Waals surface area contributed by atoms with Crippen molar-refractivity contribution < 1.29 is 23.8 Å². The van der Waals surface area contributed by atoms with Gasteiger partial charge in [-0.1, -0.05) is 18.2 Å². The molecular formula is C21H22N2O5S. The van der Waals surface area contributed by atoms with Crippen LogP contribution in [0.5, 0.6) is 17.2 Å². The van der Waals surface area contributed by atoms with Crippen LogP contribution in [0.4, 0.5) is 0 Å². The molecule has 0 saturated carbocycles. The van der Waals surface area contributed by atoms with E-state index in [0.717, 1.165) is 16.9 Å². The number of rotatable bonds is 6. The summed E-state index contributed by atoms with van der Waals surface area (Å²) in [6.07, 6.45) is 0. The van der Waals surface area contributed by atoms with Crippen LogP contribution in [0.1, 0.15) is 26.9 Å². The average Bonchev–Trinajstić information content (AvgIpc) is 3.31. The summed E-state index contributed by atoms with van der Waals surface area (Å²) in [6, 6.07) is 10.7. The Labute approximate surface area is 173 Å². The smallest absolute Gasteiger partial charge is 0.260 e. The number of benzene rings is 2. The van der Waals surface area contributed by atoms with E-state index in [1.165, 1.54) is 14.2 Å². The molecule has 2 aromatic rings. The van der Waals surface area contributed by atoms with Crippen LogP contribution in [0.15, 0.2) is 36.4 Å². The minimum Gasteiger partial charge on any atom is -0.497 e.